The summed E-state index contributed by atoms with van der Waals surface area (Å²) in [5.74, 6) is -1.05. The van der Waals surface area contributed by atoms with Crippen LogP contribution in [0, 0.1) is 11.6 Å². The van der Waals surface area contributed by atoms with E-state index < -0.39 is 11.6 Å². The smallest absolute Gasteiger partial charge is 0.130 e. The van der Waals surface area contributed by atoms with Gasteiger partial charge in [-0.1, -0.05) is 12.1 Å². The molecule has 0 bridgehead atoms. The van der Waals surface area contributed by atoms with E-state index in [4.69, 9.17) is 0 Å². The first-order chi connectivity index (χ1) is 8.68. The molecule has 2 rings (SSSR count). The number of aromatic nitrogens is 1. The summed E-state index contributed by atoms with van der Waals surface area (Å²) in [6, 6.07) is 7.61. The lowest BCUT2D eigenvalue weighted by atomic mass is 10.1. The van der Waals surface area contributed by atoms with Crippen LogP contribution in [0.4, 0.5) is 8.78 Å². The third-order valence-corrected chi connectivity index (χ3v) is 2.83. The first-order valence-electron chi connectivity index (χ1n) is 5.74. The van der Waals surface area contributed by atoms with Crippen molar-refractivity contribution in [2.75, 3.05) is 0 Å². The Labute approximate surface area is 105 Å². The molecule has 94 valence electrons. The largest absolute Gasteiger partial charge is 0.306 e. The van der Waals surface area contributed by atoms with Gasteiger partial charge in [-0.3, -0.25) is 4.98 Å². The summed E-state index contributed by atoms with van der Waals surface area (Å²) in [6.45, 7) is 2.07. The van der Waals surface area contributed by atoms with Crippen LogP contribution in [0.25, 0.3) is 0 Å². The fourth-order valence-corrected chi connectivity index (χ4v) is 1.71. The zero-order valence-electron chi connectivity index (χ0n) is 10.0. The minimum Gasteiger partial charge on any atom is -0.306 e. The number of hydrogen-bond acceptors (Lipinski definition) is 2. The monoisotopic (exact) mass is 248 g/mol. The predicted octanol–water partition coefficient (Wildman–Crippen LogP) is 3.21. The Morgan fingerprint density at radius 1 is 1.17 bits per heavy atom. The highest BCUT2D eigenvalue weighted by Crippen LogP contribution is 2.15. The number of halogens is 2. The van der Waals surface area contributed by atoms with Gasteiger partial charge in [-0.25, -0.2) is 8.78 Å². The molecule has 0 fully saturated rings. The standard InChI is InChI=1S/C14H14F2N2/c1-10(11-4-3-7-17-8-11)18-9-12-13(15)5-2-6-14(12)16/h2-8,10,18H,9H2,1H3/t10-/m1/s1. The van der Waals surface area contributed by atoms with Gasteiger partial charge in [-0.2, -0.15) is 0 Å². The van der Waals surface area contributed by atoms with Crippen molar-refractivity contribution < 1.29 is 8.78 Å². The highest BCUT2D eigenvalue weighted by atomic mass is 19.1. The second kappa shape index (κ2) is 5.69. The lowest BCUT2D eigenvalue weighted by Gasteiger charge is -2.14. The molecule has 1 aromatic heterocycles. The third-order valence-electron chi connectivity index (χ3n) is 2.83. The molecule has 1 heterocycles. The van der Waals surface area contributed by atoms with Gasteiger partial charge in [0.05, 0.1) is 0 Å². The van der Waals surface area contributed by atoms with Crippen LogP contribution >= 0.6 is 0 Å². The molecule has 0 aliphatic carbocycles. The Hall–Kier alpha value is -1.81. The van der Waals surface area contributed by atoms with E-state index in [1.54, 1.807) is 12.4 Å². The van der Waals surface area contributed by atoms with Crippen LogP contribution in [0.3, 0.4) is 0 Å². The average molecular weight is 248 g/mol. The van der Waals surface area contributed by atoms with Crippen LogP contribution in [0.2, 0.25) is 0 Å². The number of hydrogen-bond donors (Lipinski definition) is 1. The first kappa shape index (κ1) is 12.6. The molecule has 0 unspecified atom stereocenters. The molecule has 0 saturated carbocycles. The molecule has 2 nitrogen and oxygen atoms in total. The molecule has 18 heavy (non-hydrogen) atoms. The molecule has 0 amide bonds. The zero-order valence-corrected chi connectivity index (χ0v) is 10.0. The summed E-state index contributed by atoms with van der Waals surface area (Å²) in [6.07, 6.45) is 3.42. The molecule has 1 aromatic carbocycles. The lowest BCUT2D eigenvalue weighted by Crippen LogP contribution is -2.19. The molecule has 4 heteroatoms. The summed E-state index contributed by atoms with van der Waals surface area (Å²) in [5, 5.41) is 3.08. The van der Waals surface area contributed by atoms with Crippen molar-refractivity contribution in [3.63, 3.8) is 0 Å². The van der Waals surface area contributed by atoms with Crippen LogP contribution in [0.1, 0.15) is 24.1 Å². The van der Waals surface area contributed by atoms with E-state index in [0.29, 0.717) is 0 Å². The van der Waals surface area contributed by atoms with E-state index in [-0.39, 0.29) is 18.2 Å². The Kier molecular flexibility index (Phi) is 3.99. The maximum absolute atomic E-state index is 13.4. The highest BCUT2D eigenvalue weighted by molar-refractivity contribution is 5.20. The number of rotatable bonds is 4. The van der Waals surface area contributed by atoms with Crippen molar-refractivity contribution in [1.82, 2.24) is 10.3 Å². The molecule has 0 saturated heterocycles. The summed E-state index contributed by atoms with van der Waals surface area (Å²) in [5.41, 5.74) is 1.04. The zero-order chi connectivity index (χ0) is 13.0. The molecule has 0 aliphatic rings. The normalized spacial score (nSPS) is 12.4. The number of nitrogens with one attached hydrogen (secondary N) is 1. The average Bonchev–Trinajstić information content (AvgIpc) is 2.39. The number of pyridine rings is 1. The summed E-state index contributed by atoms with van der Waals surface area (Å²) in [7, 11) is 0. The molecule has 0 spiro atoms. The fourth-order valence-electron chi connectivity index (χ4n) is 1.71. The maximum atomic E-state index is 13.4. The SMILES string of the molecule is C[C@@H](NCc1c(F)cccc1F)c1cccnc1. The van der Waals surface area contributed by atoms with Crippen molar-refractivity contribution in [2.24, 2.45) is 0 Å². The second-order valence-electron chi connectivity index (χ2n) is 4.09. The van der Waals surface area contributed by atoms with Crippen LogP contribution in [-0.2, 0) is 6.54 Å². The van der Waals surface area contributed by atoms with Crippen molar-refractivity contribution >= 4 is 0 Å². The van der Waals surface area contributed by atoms with Crippen molar-refractivity contribution in [3.05, 3.63) is 65.5 Å². The number of nitrogens with zero attached hydrogens (tertiary/aromatic N) is 1. The lowest BCUT2D eigenvalue weighted by molar-refractivity contribution is 0.508. The molecule has 0 aliphatic heterocycles. The van der Waals surface area contributed by atoms with E-state index in [9.17, 15) is 8.78 Å². The van der Waals surface area contributed by atoms with Crippen LogP contribution < -0.4 is 5.32 Å². The topological polar surface area (TPSA) is 24.9 Å². The highest BCUT2D eigenvalue weighted by Gasteiger charge is 2.10. The van der Waals surface area contributed by atoms with Gasteiger partial charge in [0.1, 0.15) is 11.6 Å². The van der Waals surface area contributed by atoms with Gasteiger partial charge in [-0.05, 0) is 30.7 Å². The van der Waals surface area contributed by atoms with Crippen LogP contribution in [-0.4, -0.2) is 4.98 Å². The van der Waals surface area contributed by atoms with Crippen molar-refractivity contribution in [3.8, 4) is 0 Å². The van der Waals surface area contributed by atoms with E-state index in [0.717, 1.165) is 5.56 Å². The van der Waals surface area contributed by atoms with Crippen LogP contribution in [0.15, 0.2) is 42.7 Å². The Morgan fingerprint density at radius 2 is 1.89 bits per heavy atom. The first-order valence-corrected chi connectivity index (χ1v) is 5.74. The number of benzene rings is 1. The molecular weight excluding hydrogens is 234 g/mol. The van der Waals surface area contributed by atoms with Gasteiger partial charge in [0, 0.05) is 30.5 Å². The van der Waals surface area contributed by atoms with Crippen molar-refractivity contribution in [2.45, 2.75) is 19.5 Å². The van der Waals surface area contributed by atoms with Gasteiger partial charge in [0.2, 0.25) is 0 Å². The van der Waals surface area contributed by atoms with Gasteiger partial charge in [-0.15, -0.1) is 0 Å². The predicted molar refractivity (Wildman–Crippen MR) is 65.8 cm³/mol. The molecule has 1 atom stereocenters. The summed E-state index contributed by atoms with van der Waals surface area (Å²) in [4.78, 5) is 4.01. The van der Waals surface area contributed by atoms with E-state index in [2.05, 4.69) is 10.3 Å². The van der Waals surface area contributed by atoms with Gasteiger partial charge in [0.25, 0.3) is 0 Å². The summed E-state index contributed by atoms with van der Waals surface area (Å²) >= 11 is 0. The Morgan fingerprint density at radius 3 is 2.50 bits per heavy atom. The van der Waals surface area contributed by atoms with Gasteiger partial charge >= 0.3 is 0 Å². The minimum absolute atomic E-state index is 0.0160. The van der Waals surface area contributed by atoms with E-state index >= 15 is 0 Å². The quantitative estimate of drug-likeness (QED) is 0.898. The minimum atomic E-state index is -0.527. The van der Waals surface area contributed by atoms with Crippen molar-refractivity contribution in [1.29, 1.82) is 0 Å². The van der Waals surface area contributed by atoms with Gasteiger partial charge < -0.3 is 5.32 Å². The van der Waals surface area contributed by atoms with Gasteiger partial charge in [0.15, 0.2) is 0 Å². The second-order valence-corrected chi connectivity index (χ2v) is 4.09. The summed E-state index contributed by atoms with van der Waals surface area (Å²) < 4.78 is 26.8. The van der Waals surface area contributed by atoms with Crippen LogP contribution in [0.5, 0.6) is 0 Å². The molecule has 0 radical (unpaired) electrons. The fraction of sp³-hybridized carbons (Fsp3) is 0.214. The van der Waals surface area contributed by atoms with E-state index in [1.807, 2.05) is 19.1 Å². The Balaban J connectivity index is 2.04. The molecule has 2 aromatic rings. The van der Waals surface area contributed by atoms with E-state index in [1.165, 1.54) is 18.2 Å². The third kappa shape index (κ3) is 2.90. The Bertz CT molecular complexity index is 494. The molecule has 1 N–H and O–H groups in total. The maximum Gasteiger partial charge on any atom is 0.130 e. The molecular formula is C14H14F2N2.